The van der Waals surface area contributed by atoms with Gasteiger partial charge in [-0.05, 0) is 59.5 Å². The number of methoxy groups -OCH3 is 1. The first kappa shape index (κ1) is 24.4. The van der Waals surface area contributed by atoms with E-state index in [1.54, 1.807) is 31.2 Å². The normalized spacial score (nSPS) is 14.7. The number of benzene rings is 3. The lowest BCUT2D eigenvalue weighted by molar-refractivity contribution is -0.141. The molecule has 7 heteroatoms. The van der Waals surface area contributed by atoms with Gasteiger partial charge >= 0.3 is 0 Å². The molecule has 0 saturated carbocycles. The number of hydrogen-bond donors (Lipinski definition) is 0. The molecule has 3 aromatic carbocycles. The largest absolute Gasteiger partial charge is 0.493 e. The molecule has 0 atom stereocenters. The highest BCUT2D eigenvalue weighted by molar-refractivity contribution is 6.19. The van der Waals surface area contributed by atoms with Crippen LogP contribution in [-0.2, 0) is 22.7 Å². The minimum Gasteiger partial charge on any atom is -0.493 e. The SMILES string of the molecule is COc1cc(/C=C2/C(=O)N(Cc3ccc(F)cc3)C(=O)C(C#N)=C2C)ccc1OCc1ccccc1. The van der Waals surface area contributed by atoms with Gasteiger partial charge in [-0.15, -0.1) is 0 Å². The van der Waals surface area contributed by atoms with Crippen molar-refractivity contribution in [2.24, 2.45) is 0 Å². The zero-order chi connectivity index (χ0) is 25.7. The Morgan fingerprint density at radius 2 is 1.67 bits per heavy atom. The fourth-order valence-electron chi connectivity index (χ4n) is 3.84. The van der Waals surface area contributed by atoms with Gasteiger partial charge in [-0.3, -0.25) is 14.5 Å². The lowest BCUT2D eigenvalue weighted by Gasteiger charge is -2.27. The van der Waals surface area contributed by atoms with Crippen molar-refractivity contribution in [3.8, 4) is 17.6 Å². The van der Waals surface area contributed by atoms with Gasteiger partial charge in [0.25, 0.3) is 11.8 Å². The smallest absolute Gasteiger partial charge is 0.271 e. The van der Waals surface area contributed by atoms with Gasteiger partial charge < -0.3 is 9.47 Å². The molecule has 0 N–H and O–H groups in total. The molecule has 0 aliphatic carbocycles. The minimum atomic E-state index is -0.677. The van der Waals surface area contributed by atoms with Gasteiger partial charge in [-0.25, -0.2) is 4.39 Å². The van der Waals surface area contributed by atoms with E-state index in [1.165, 1.54) is 31.4 Å². The van der Waals surface area contributed by atoms with E-state index in [9.17, 15) is 19.2 Å². The Kier molecular flexibility index (Phi) is 7.26. The minimum absolute atomic E-state index is 0.0800. The summed E-state index contributed by atoms with van der Waals surface area (Å²) in [4.78, 5) is 27.2. The van der Waals surface area contributed by atoms with Crippen LogP contribution < -0.4 is 9.47 Å². The molecule has 1 aliphatic heterocycles. The summed E-state index contributed by atoms with van der Waals surface area (Å²) in [6.07, 6.45) is 1.61. The molecule has 0 unspecified atom stereocenters. The molecule has 36 heavy (non-hydrogen) atoms. The molecule has 0 fully saturated rings. The summed E-state index contributed by atoms with van der Waals surface area (Å²) in [6, 6.07) is 22.4. The third-order valence-electron chi connectivity index (χ3n) is 5.82. The second-order valence-corrected chi connectivity index (χ2v) is 8.18. The molecule has 0 bridgehead atoms. The van der Waals surface area contributed by atoms with E-state index < -0.39 is 17.6 Å². The van der Waals surface area contributed by atoms with Crippen molar-refractivity contribution in [1.82, 2.24) is 4.90 Å². The number of carbonyl (C=O) groups excluding carboxylic acids is 2. The summed E-state index contributed by atoms with van der Waals surface area (Å²) >= 11 is 0. The number of carbonyl (C=O) groups is 2. The van der Waals surface area contributed by atoms with Crippen LogP contribution >= 0.6 is 0 Å². The Labute approximate surface area is 208 Å². The summed E-state index contributed by atoms with van der Waals surface area (Å²) in [7, 11) is 1.52. The van der Waals surface area contributed by atoms with Crippen molar-refractivity contribution < 1.29 is 23.5 Å². The highest BCUT2D eigenvalue weighted by atomic mass is 19.1. The second kappa shape index (κ2) is 10.7. The van der Waals surface area contributed by atoms with E-state index in [1.807, 2.05) is 36.4 Å². The summed E-state index contributed by atoms with van der Waals surface area (Å²) < 4.78 is 24.7. The molecule has 0 radical (unpaired) electrons. The van der Waals surface area contributed by atoms with E-state index in [4.69, 9.17) is 9.47 Å². The van der Waals surface area contributed by atoms with Gasteiger partial charge in [0.1, 0.15) is 24.1 Å². The van der Waals surface area contributed by atoms with Crippen LogP contribution in [0.4, 0.5) is 4.39 Å². The van der Waals surface area contributed by atoms with Crippen molar-refractivity contribution >= 4 is 17.9 Å². The lowest BCUT2D eigenvalue weighted by Crippen LogP contribution is -2.42. The Balaban J connectivity index is 1.64. The average molecular weight is 483 g/mol. The van der Waals surface area contributed by atoms with E-state index in [0.29, 0.717) is 34.8 Å². The van der Waals surface area contributed by atoms with Gasteiger partial charge in [0.05, 0.1) is 13.7 Å². The van der Waals surface area contributed by atoms with Gasteiger partial charge in [0, 0.05) is 5.57 Å². The molecule has 6 nitrogen and oxygen atoms in total. The van der Waals surface area contributed by atoms with Crippen LogP contribution in [-0.4, -0.2) is 23.8 Å². The third-order valence-corrected chi connectivity index (χ3v) is 5.82. The predicted molar refractivity (Wildman–Crippen MR) is 132 cm³/mol. The topological polar surface area (TPSA) is 79.6 Å². The molecule has 2 amide bonds. The van der Waals surface area contributed by atoms with Crippen molar-refractivity contribution in [2.75, 3.05) is 7.11 Å². The fraction of sp³-hybridized carbons (Fsp3) is 0.138. The highest BCUT2D eigenvalue weighted by Crippen LogP contribution is 2.32. The van der Waals surface area contributed by atoms with E-state index in [2.05, 4.69) is 0 Å². The van der Waals surface area contributed by atoms with Crippen molar-refractivity contribution in [1.29, 1.82) is 5.26 Å². The van der Waals surface area contributed by atoms with Crippen LogP contribution in [0.2, 0.25) is 0 Å². The van der Waals surface area contributed by atoms with Crippen LogP contribution in [0.3, 0.4) is 0 Å². The Bertz CT molecular complexity index is 1400. The maximum atomic E-state index is 13.3. The first-order chi connectivity index (χ1) is 17.4. The van der Waals surface area contributed by atoms with Crippen LogP contribution in [0.1, 0.15) is 23.6 Å². The number of ether oxygens (including phenoxy) is 2. The summed E-state index contributed by atoms with van der Waals surface area (Å²) in [5.74, 6) is -0.622. The molecule has 0 spiro atoms. The number of hydrogen-bond acceptors (Lipinski definition) is 5. The summed E-state index contributed by atoms with van der Waals surface area (Å²) in [5, 5.41) is 9.61. The molecule has 1 heterocycles. The van der Waals surface area contributed by atoms with Crippen molar-refractivity contribution in [3.05, 3.63) is 112 Å². The molecular formula is C29H23FN2O4. The monoisotopic (exact) mass is 482 g/mol. The van der Waals surface area contributed by atoms with Crippen LogP contribution in [0.25, 0.3) is 6.08 Å². The number of nitrogens with zero attached hydrogens (tertiary/aromatic N) is 2. The highest BCUT2D eigenvalue weighted by Gasteiger charge is 2.35. The Hall–Kier alpha value is -4.70. The standard InChI is InChI=1S/C29H23FN2O4/c1-19-24(28(33)32(29(34)25(19)16-31)17-20-8-11-23(30)12-9-20)14-22-10-13-26(27(15-22)35-2)36-18-21-6-4-3-5-7-21/h3-15H,17-18H2,1-2H3/b24-14+. The molecule has 4 rings (SSSR count). The van der Waals surface area contributed by atoms with Crippen molar-refractivity contribution in [3.63, 3.8) is 0 Å². The first-order valence-electron chi connectivity index (χ1n) is 11.2. The van der Waals surface area contributed by atoms with Crippen molar-refractivity contribution in [2.45, 2.75) is 20.1 Å². The molecule has 3 aromatic rings. The predicted octanol–water partition coefficient (Wildman–Crippen LogP) is 5.21. The third kappa shape index (κ3) is 5.18. The van der Waals surface area contributed by atoms with E-state index in [0.717, 1.165) is 10.5 Å². The Morgan fingerprint density at radius 3 is 2.33 bits per heavy atom. The molecule has 1 aliphatic rings. The Morgan fingerprint density at radius 1 is 0.944 bits per heavy atom. The lowest BCUT2D eigenvalue weighted by atomic mass is 9.93. The maximum absolute atomic E-state index is 13.3. The molecule has 180 valence electrons. The number of nitriles is 1. The first-order valence-corrected chi connectivity index (χ1v) is 11.2. The van der Waals surface area contributed by atoms with Crippen LogP contribution in [0, 0.1) is 17.1 Å². The number of halogens is 1. The zero-order valence-corrected chi connectivity index (χ0v) is 19.8. The second-order valence-electron chi connectivity index (χ2n) is 8.18. The van der Waals surface area contributed by atoms with E-state index in [-0.39, 0.29) is 17.7 Å². The average Bonchev–Trinajstić information content (AvgIpc) is 2.90. The molecule has 0 saturated heterocycles. The van der Waals surface area contributed by atoms with Gasteiger partial charge in [0.15, 0.2) is 11.5 Å². The molecule has 0 aromatic heterocycles. The number of rotatable bonds is 7. The number of imide groups is 1. The maximum Gasteiger partial charge on any atom is 0.271 e. The van der Waals surface area contributed by atoms with E-state index >= 15 is 0 Å². The van der Waals surface area contributed by atoms with Gasteiger partial charge in [0.2, 0.25) is 0 Å². The summed E-state index contributed by atoms with van der Waals surface area (Å²) in [5.41, 5.74) is 2.61. The quantitative estimate of drug-likeness (QED) is 0.341. The van der Waals surface area contributed by atoms with Crippen LogP contribution in [0.5, 0.6) is 11.5 Å². The summed E-state index contributed by atoms with van der Waals surface area (Å²) in [6.45, 7) is 1.86. The number of amides is 2. The molecular weight excluding hydrogens is 459 g/mol. The van der Waals surface area contributed by atoms with Crippen LogP contribution in [0.15, 0.2) is 89.5 Å². The zero-order valence-electron chi connectivity index (χ0n) is 19.8. The van der Waals surface area contributed by atoms with Gasteiger partial charge in [-0.2, -0.15) is 5.26 Å². The fourth-order valence-corrected chi connectivity index (χ4v) is 3.84. The van der Waals surface area contributed by atoms with Gasteiger partial charge in [-0.1, -0.05) is 48.5 Å².